The van der Waals surface area contributed by atoms with E-state index in [4.69, 9.17) is 4.42 Å². The lowest BCUT2D eigenvalue weighted by Gasteiger charge is -2.36. The Morgan fingerprint density at radius 3 is 2.95 bits per heavy atom. The first-order valence-corrected chi connectivity index (χ1v) is 7.94. The lowest BCUT2D eigenvalue weighted by atomic mass is 9.75. The third-order valence-corrected chi connectivity index (χ3v) is 4.75. The molecule has 2 atom stereocenters. The zero-order chi connectivity index (χ0) is 15.3. The van der Waals surface area contributed by atoms with Gasteiger partial charge in [-0.3, -0.25) is 0 Å². The van der Waals surface area contributed by atoms with Crippen LogP contribution in [0.4, 0.5) is 0 Å². The lowest BCUT2D eigenvalue weighted by Crippen LogP contribution is -2.42. The van der Waals surface area contributed by atoms with Crippen molar-refractivity contribution < 1.29 is 14.6 Å². The number of nitrogens with zero attached hydrogens (tertiary/aromatic N) is 1. The van der Waals surface area contributed by atoms with E-state index in [2.05, 4.69) is 17.2 Å². The van der Waals surface area contributed by atoms with E-state index in [0.29, 0.717) is 6.04 Å². The van der Waals surface area contributed by atoms with Crippen LogP contribution in [0, 0.1) is 0 Å². The molecule has 5 heteroatoms. The lowest BCUT2D eigenvalue weighted by molar-refractivity contribution is 0.331. The maximum Gasteiger partial charge on any atom is 0.194 e. The Morgan fingerprint density at radius 2 is 2.14 bits per heavy atom. The van der Waals surface area contributed by atoms with Crippen LogP contribution in [0.15, 0.2) is 16.5 Å². The molecule has 0 amide bonds. The number of phenolic OH excluding ortho intramolecular Hbond substituents is 2. The standard InChI is InChI=1S/C17H20N2O3/c1-2-3-15-19-12-8-18-11-5-4-9-6-13(20)14(21)7-10(9)16(11)17(12)22-15/h6-7,11,16,18,20-21H,2-5,8H2,1H3. The molecule has 1 aromatic heterocycles. The first kappa shape index (κ1) is 13.6. The second kappa shape index (κ2) is 5.02. The molecule has 1 aliphatic heterocycles. The molecule has 0 fully saturated rings. The fourth-order valence-electron chi connectivity index (χ4n) is 3.71. The Labute approximate surface area is 129 Å². The molecule has 2 aromatic rings. The van der Waals surface area contributed by atoms with Crippen molar-refractivity contribution in [3.8, 4) is 11.5 Å². The summed E-state index contributed by atoms with van der Waals surface area (Å²) in [5, 5.41) is 23.2. The van der Waals surface area contributed by atoms with Crippen LogP contribution in [0.5, 0.6) is 11.5 Å². The zero-order valence-corrected chi connectivity index (χ0v) is 12.6. The van der Waals surface area contributed by atoms with E-state index < -0.39 is 0 Å². The molecule has 116 valence electrons. The topological polar surface area (TPSA) is 78.5 Å². The van der Waals surface area contributed by atoms with E-state index in [1.807, 2.05) is 0 Å². The molecular formula is C17H20N2O3. The van der Waals surface area contributed by atoms with Crippen molar-refractivity contribution in [2.75, 3.05) is 0 Å². The van der Waals surface area contributed by atoms with Gasteiger partial charge in [0, 0.05) is 19.0 Å². The largest absolute Gasteiger partial charge is 0.504 e. The van der Waals surface area contributed by atoms with Gasteiger partial charge >= 0.3 is 0 Å². The Balaban J connectivity index is 1.83. The summed E-state index contributed by atoms with van der Waals surface area (Å²) in [5.41, 5.74) is 3.10. The van der Waals surface area contributed by atoms with Crippen LogP contribution < -0.4 is 5.32 Å². The van der Waals surface area contributed by atoms with Gasteiger partial charge in [0.15, 0.2) is 17.4 Å². The SMILES string of the molecule is CCCc1nc2c(o1)C1c3cc(O)c(O)cc3CCC1NC2. The Morgan fingerprint density at radius 1 is 1.32 bits per heavy atom. The summed E-state index contributed by atoms with van der Waals surface area (Å²) in [5.74, 6) is 1.67. The average Bonchev–Trinajstić information content (AvgIpc) is 2.91. The summed E-state index contributed by atoms with van der Waals surface area (Å²) in [6.07, 6.45) is 3.73. The van der Waals surface area contributed by atoms with Crippen LogP contribution in [0.3, 0.4) is 0 Å². The highest BCUT2D eigenvalue weighted by atomic mass is 16.4. The molecule has 0 bridgehead atoms. The molecule has 2 aliphatic rings. The Bertz CT molecular complexity index is 723. The molecule has 1 aromatic carbocycles. The molecule has 2 heterocycles. The number of aryl methyl sites for hydroxylation is 2. The van der Waals surface area contributed by atoms with Crippen molar-refractivity contribution >= 4 is 0 Å². The first-order chi connectivity index (χ1) is 10.7. The predicted octanol–water partition coefficient (Wildman–Crippen LogP) is 2.59. The van der Waals surface area contributed by atoms with Crippen LogP contribution in [0.1, 0.15) is 54.2 Å². The van der Waals surface area contributed by atoms with E-state index >= 15 is 0 Å². The van der Waals surface area contributed by atoms with Crippen LogP contribution in [0.2, 0.25) is 0 Å². The Hall–Kier alpha value is -2.01. The van der Waals surface area contributed by atoms with Gasteiger partial charge in [-0.1, -0.05) is 6.92 Å². The van der Waals surface area contributed by atoms with Crippen molar-refractivity contribution in [2.45, 2.75) is 51.1 Å². The van der Waals surface area contributed by atoms with Crippen LogP contribution in [-0.2, 0) is 19.4 Å². The number of fused-ring (bicyclic) bond motifs is 5. The van der Waals surface area contributed by atoms with E-state index in [0.717, 1.165) is 60.7 Å². The minimum absolute atomic E-state index is 0.0505. The van der Waals surface area contributed by atoms with E-state index in [-0.39, 0.29) is 17.4 Å². The Kier molecular flexibility index (Phi) is 3.11. The van der Waals surface area contributed by atoms with Crippen molar-refractivity contribution in [1.29, 1.82) is 0 Å². The summed E-state index contributed by atoms with van der Waals surface area (Å²) < 4.78 is 6.05. The summed E-state index contributed by atoms with van der Waals surface area (Å²) >= 11 is 0. The number of aromatic nitrogens is 1. The fraction of sp³-hybridized carbons (Fsp3) is 0.471. The molecule has 2 unspecified atom stereocenters. The second-order valence-corrected chi connectivity index (χ2v) is 6.21. The number of rotatable bonds is 2. The van der Waals surface area contributed by atoms with Crippen molar-refractivity contribution in [3.05, 3.63) is 40.6 Å². The molecule has 1 aliphatic carbocycles. The number of hydrogen-bond acceptors (Lipinski definition) is 5. The second-order valence-electron chi connectivity index (χ2n) is 6.21. The van der Waals surface area contributed by atoms with Gasteiger partial charge in [0.05, 0.1) is 11.6 Å². The zero-order valence-electron chi connectivity index (χ0n) is 12.6. The predicted molar refractivity (Wildman–Crippen MR) is 81.1 cm³/mol. The highest BCUT2D eigenvalue weighted by Gasteiger charge is 2.39. The van der Waals surface area contributed by atoms with Crippen LogP contribution in [0.25, 0.3) is 0 Å². The molecular weight excluding hydrogens is 280 g/mol. The molecule has 0 spiro atoms. The molecule has 5 nitrogen and oxygen atoms in total. The van der Waals surface area contributed by atoms with Crippen molar-refractivity contribution in [1.82, 2.24) is 10.3 Å². The number of nitrogens with one attached hydrogen (secondary N) is 1. The van der Waals surface area contributed by atoms with Gasteiger partial charge in [0.25, 0.3) is 0 Å². The van der Waals surface area contributed by atoms with E-state index in [9.17, 15) is 10.2 Å². The summed E-state index contributed by atoms with van der Waals surface area (Å²) in [6, 6.07) is 3.66. The van der Waals surface area contributed by atoms with Crippen molar-refractivity contribution in [2.24, 2.45) is 0 Å². The number of benzene rings is 1. The molecule has 22 heavy (non-hydrogen) atoms. The van der Waals surface area contributed by atoms with Gasteiger partial charge in [-0.15, -0.1) is 0 Å². The molecule has 0 saturated carbocycles. The van der Waals surface area contributed by atoms with Crippen LogP contribution >= 0.6 is 0 Å². The summed E-state index contributed by atoms with van der Waals surface area (Å²) in [4.78, 5) is 4.60. The normalized spacial score (nSPS) is 22.8. The van der Waals surface area contributed by atoms with E-state index in [1.54, 1.807) is 12.1 Å². The van der Waals surface area contributed by atoms with E-state index in [1.165, 1.54) is 0 Å². The van der Waals surface area contributed by atoms with Gasteiger partial charge in [-0.2, -0.15) is 0 Å². The minimum Gasteiger partial charge on any atom is -0.504 e. The molecule has 0 radical (unpaired) electrons. The molecule has 0 saturated heterocycles. The van der Waals surface area contributed by atoms with Crippen LogP contribution in [-0.4, -0.2) is 21.2 Å². The monoisotopic (exact) mass is 300 g/mol. The average molecular weight is 300 g/mol. The van der Waals surface area contributed by atoms with Crippen molar-refractivity contribution in [3.63, 3.8) is 0 Å². The maximum absolute atomic E-state index is 9.89. The number of phenols is 2. The number of hydrogen-bond donors (Lipinski definition) is 3. The molecule has 3 N–H and O–H groups in total. The van der Waals surface area contributed by atoms with Gasteiger partial charge in [0.2, 0.25) is 0 Å². The first-order valence-electron chi connectivity index (χ1n) is 7.94. The summed E-state index contributed by atoms with van der Waals surface area (Å²) in [6.45, 7) is 2.85. The third kappa shape index (κ3) is 2.00. The smallest absolute Gasteiger partial charge is 0.194 e. The van der Waals surface area contributed by atoms with Gasteiger partial charge in [-0.05, 0) is 42.5 Å². The number of oxazole rings is 1. The quantitative estimate of drug-likeness (QED) is 0.743. The third-order valence-electron chi connectivity index (χ3n) is 4.75. The number of aromatic hydroxyl groups is 2. The van der Waals surface area contributed by atoms with Gasteiger partial charge < -0.3 is 19.9 Å². The molecule has 4 rings (SSSR count). The van der Waals surface area contributed by atoms with Gasteiger partial charge in [-0.25, -0.2) is 4.98 Å². The minimum atomic E-state index is -0.0696. The maximum atomic E-state index is 9.89. The summed E-state index contributed by atoms with van der Waals surface area (Å²) in [7, 11) is 0. The highest BCUT2D eigenvalue weighted by Crippen LogP contribution is 2.44. The highest BCUT2D eigenvalue weighted by molar-refractivity contribution is 5.51. The fourth-order valence-corrected chi connectivity index (χ4v) is 3.71. The van der Waals surface area contributed by atoms with Gasteiger partial charge in [0.1, 0.15) is 5.76 Å².